The van der Waals surface area contributed by atoms with Crippen molar-refractivity contribution < 1.29 is 23.5 Å². The lowest BCUT2D eigenvalue weighted by atomic mass is 9.87. The van der Waals surface area contributed by atoms with Gasteiger partial charge in [-0.2, -0.15) is 0 Å². The van der Waals surface area contributed by atoms with Gasteiger partial charge in [0.05, 0.1) is 35.7 Å². The Morgan fingerprint density at radius 3 is 2.40 bits per heavy atom. The van der Waals surface area contributed by atoms with Gasteiger partial charge < -0.3 is 20.3 Å². The average Bonchev–Trinajstić information content (AvgIpc) is 2.89. The molecular formula is C29H32FN5O5. The molecule has 3 amide bonds. The number of rotatable bonds is 8. The van der Waals surface area contributed by atoms with Gasteiger partial charge in [0, 0.05) is 32.4 Å². The number of hydrogen-bond donors (Lipinski definition) is 2. The second kappa shape index (κ2) is 10.9. The number of aromatic nitrogens is 1. The van der Waals surface area contributed by atoms with E-state index in [4.69, 9.17) is 4.74 Å². The zero-order valence-corrected chi connectivity index (χ0v) is 23.3. The van der Waals surface area contributed by atoms with Crippen molar-refractivity contribution in [1.29, 1.82) is 0 Å². The molecule has 0 radical (unpaired) electrons. The first-order valence-electron chi connectivity index (χ1n) is 12.6. The Kier molecular flexibility index (Phi) is 7.79. The number of anilines is 5. The standard InChI is InChI=1S/C29H32FN5O5/c1-17-10-11-22(21(30)12-17)32-25-23(27(38)33(4)5)24(18(2)26(37)34(25)6)35(16-36)20-9-7-8-19(13-20)31-28(39)29(3)14-40-15-29/h7-13,16,32H,14-15H2,1-6H3,(H,31,39). The molecule has 2 N–H and O–H groups in total. The van der Waals surface area contributed by atoms with Gasteiger partial charge in [-0.25, -0.2) is 4.39 Å². The van der Waals surface area contributed by atoms with Crippen LogP contribution in [0, 0.1) is 25.1 Å². The molecule has 0 aliphatic carbocycles. The zero-order valence-electron chi connectivity index (χ0n) is 23.3. The Bertz CT molecular complexity index is 1560. The number of hydrogen-bond acceptors (Lipinski definition) is 6. The van der Waals surface area contributed by atoms with Crippen molar-refractivity contribution in [3.63, 3.8) is 0 Å². The van der Waals surface area contributed by atoms with E-state index in [-0.39, 0.29) is 34.2 Å². The van der Waals surface area contributed by atoms with Crippen LogP contribution < -0.4 is 21.1 Å². The van der Waals surface area contributed by atoms with Gasteiger partial charge in [-0.3, -0.25) is 28.6 Å². The summed E-state index contributed by atoms with van der Waals surface area (Å²) in [5, 5.41) is 5.75. The number of carbonyl (C=O) groups excluding carboxylic acids is 3. The zero-order chi connectivity index (χ0) is 29.4. The van der Waals surface area contributed by atoms with Gasteiger partial charge in [-0.15, -0.1) is 0 Å². The fraction of sp³-hybridized carbons (Fsp3) is 0.310. The summed E-state index contributed by atoms with van der Waals surface area (Å²) in [5.74, 6) is -1.30. The Hall–Kier alpha value is -4.51. The average molecular weight is 550 g/mol. The summed E-state index contributed by atoms with van der Waals surface area (Å²) < 4.78 is 21.2. The van der Waals surface area contributed by atoms with Crippen LogP contribution in [-0.2, 0) is 21.4 Å². The van der Waals surface area contributed by atoms with E-state index in [1.165, 1.54) is 54.6 Å². The molecule has 40 heavy (non-hydrogen) atoms. The molecule has 1 aliphatic rings. The SMILES string of the molecule is Cc1ccc(Nc2c(C(=O)N(C)C)c(N(C=O)c3cccc(NC(=O)C4(C)COC4)c3)c(C)c(=O)n2C)c(F)c1. The molecule has 0 bridgehead atoms. The third-order valence-electron chi connectivity index (χ3n) is 6.91. The highest BCUT2D eigenvalue weighted by Crippen LogP contribution is 2.37. The van der Waals surface area contributed by atoms with Gasteiger partial charge in [-0.05, 0) is 56.7 Å². The lowest BCUT2D eigenvalue weighted by molar-refractivity contribution is -0.151. The minimum absolute atomic E-state index is 0.00904. The van der Waals surface area contributed by atoms with Gasteiger partial charge in [0.2, 0.25) is 12.3 Å². The molecule has 11 heteroatoms. The summed E-state index contributed by atoms with van der Waals surface area (Å²) >= 11 is 0. The molecule has 3 aromatic rings. The van der Waals surface area contributed by atoms with Crippen LogP contribution in [0.3, 0.4) is 0 Å². The van der Waals surface area contributed by atoms with Crippen LogP contribution in [0.25, 0.3) is 0 Å². The van der Waals surface area contributed by atoms with Crippen LogP contribution in [0.4, 0.5) is 33.0 Å². The smallest absolute Gasteiger partial charge is 0.259 e. The predicted molar refractivity (Wildman–Crippen MR) is 151 cm³/mol. The fourth-order valence-corrected chi connectivity index (χ4v) is 4.44. The van der Waals surface area contributed by atoms with E-state index in [0.29, 0.717) is 36.6 Å². The summed E-state index contributed by atoms with van der Waals surface area (Å²) in [6.07, 6.45) is 0.493. The number of carbonyl (C=O) groups is 3. The van der Waals surface area contributed by atoms with Crippen molar-refractivity contribution in [3.05, 3.63) is 75.3 Å². The van der Waals surface area contributed by atoms with Gasteiger partial charge in [0.1, 0.15) is 17.2 Å². The van der Waals surface area contributed by atoms with Gasteiger partial charge >= 0.3 is 0 Å². The number of aryl methyl sites for hydroxylation is 1. The van der Waals surface area contributed by atoms with Crippen LogP contribution in [0.15, 0.2) is 47.3 Å². The maximum absolute atomic E-state index is 14.8. The normalized spacial score (nSPS) is 13.7. The molecule has 10 nitrogen and oxygen atoms in total. The van der Waals surface area contributed by atoms with Gasteiger partial charge in [0.25, 0.3) is 11.5 Å². The minimum atomic E-state index is -0.653. The van der Waals surface area contributed by atoms with E-state index < -0.39 is 22.7 Å². The molecule has 0 unspecified atom stereocenters. The topological polar surface area (TPSA) is 113 Å². The van der Waals surface area contributed by atoms with Gasteiger partial charge in [0.15, 0.2) is 0 Å². The molecule has 1 aromatic heterocycles. The number of nitrogens with one attached hydrogen (secondary N) is 2. The molecular weight excluding hydrogens is 517 g/mol. The van der Waals surface area contributed by atoms with E-state index in [2.05, 4.69) is 10.6 Å². The Labute approximate surface area is 231 Å². The fourth-order valence-electron chi connectivity index (χ4n) is 4.44. The molecule has 4 rings (SSSR count). The lowest BCUT2D eigenvalue weighted by Crippen LogP contribution is -2.49. The van der Waals surface area contributed by atoms with Crippen molar-refractivity contribution >= 4 is 46.8 Å². The summed E-state index contributed by atoms with van der Waals surface area (Å²) in [4.78, 5) is 54.8. The number of ether oxygens (including phenoxy) is 1. The molecule has 1 saturated heterocycles. The number of benzene rings is 2. The third-order valence-corrected chi connectivity index (χ3v) is 6.91. The van der Waals surface area contributed by atoms with Crippen molar-refractivity contribution in [2.24, 2.45) is 12.5 Å². The van der Waals surface area contributed by atoms with Crippen LogP contribution >= 0.6 is 0 Å². The first-order chi connectivity index (χ1) is 18.9. The van der Waals surface area contributed by atoms with Crippen molar-refractivity contribution in [2.75, 3.05) is 42.8 Å². The highest BCUT2D eigenvalue weighted by atomic mass is 19.1. The number of amides is 3. The molecule has 1 aliphatic heterocycles. The maximum Gasteiger partial charge on any atom is 0.259 e. The molecule has 0 spiro atoms. The second-order valence-corrected chi connectivity index (χ2v) is 10.4. The number of halogens is 1. The monoisotopic (exact) mass is 549 g/mol. The Morgan fingerprint density at radius 2 is 1.82 bits per heavy atom. The van der Waals surface area contributed by atoms with Crippen LogP contribution in [-0.4, -0.2) is 55.0 Å². The van der Waals surface area contributed by atoms with Crippen molar-refractivity contribution in [3.8, 4) is 0 Å². The lowest BCUT2D eigenvalue weighted by Gasteiger charge is -2.36. The first kappa shape index (κ1) is 28.5. The summed E-state index contributed by atoms with van der Waals surface area (Å²) in [5.41, 5.74) is 0.490. The number of pyridine rings is 1. The molecule has 2 heterocycles. The third kappa shape index (κ3) is 5.20. The summed E-state index contributed by atoms with van der Waals surface area (Å²) in [6.45, 7) is 5.66. The highest BCUT2D eigenvalue weighted by molar-refractivity contribution is 6.09. The van der Waals surface area contributed by atoms with Crippen molar-refractivity contribution in [2.45, 2.75) is 20.8 Å². The maximum atomic E-state index is 14.8. The van der Waals surface area contributed by atoms with Crippen LogP contribution in [0.5, 0.6) is 0 Å². The first-order valence-corrected chi connectivity index (χ1v) is 12.6. The molecule has 1 fully saturated rings. The van der Waals surface area contributed by atoms with E-state index in [0.717, 1.165) is 0 Å². The summed E-state index contributed by atoms with van der Waals surface area (Å²) in [7, 11) is 4.54. The van der Waals surface area contributed by atoms with Crippen LogP contribution in [0.1, 0.15) is 28.4 Å². The quantitative estimate of drug-likeness (QED) is 0.413. The van der Waals surface area contributed by atoms with E-state index >= 15 is 0 Å². The molecule has 0 saturated carbocycles. The Balaban J connectivity index is 1.88. The molecule has 0 atom stereocenters. The van der Waals surface area contributed by atoms with E-state index in [9.17, 15) is 23.6 Å². The van der Waals surface area contributed by atoms with Crippen molar-refractivity contribution in [1.82, 2.24) is 9.47 Å². The minimum Gasteiger partial charge on any atom is -0.379 e. The van der Waals surface area contributed by atoms with E-state index in [1.54, 1.807) is 44.2 Å². The predicted octanol–water partition coefficient (Wildman–Crippen LogP) is 3.86. The molecule has 210 valence electrons. The second-order valence-electron chi connectivity index (χ2n) is 10.4. The highest BCUT2D eigenvalue weighted by Gasteiger charge is 2.41. The van der Waals surface area contributed by atoms with E-state index in [1.807, 2.05) is 0 Å². The largest absolute Gasteiger partial charge is 0.379 e. The van der Waals surface area contributed by atoms with Gasteiger partial charge in [-0.1, -0.05) is 12.1 Å². The number of nitrogens with zero attached hydrogens (tertiary/aromatic N) is 3. The molecule has 2 aromatic carbocycles. The Morgan fingerprint density at radius 1 is 1.12 bits per heavy atom. The summed E-state index contributed by atoms with van der Waals surface area (Å²) in [6, 6.07) is 11.0. The van der Waals surface area contributed by atoms with Crippen LogP contribution in [0.2, 0.25) is 0 Å².